The van der Waals surface area contributed by atoms with Gasteiger partial charge in [-0.3, -0.25) is 0 Å². The highest BCUT2D eigenvalue weighted by Gasteiger charge is 2.05. The highest BCUT2D eigenvalue weighted by atomic mass is 127. The van der Waals surface area contributed by atoms with E-state index >= 15 is 0 Å². The average molecular weight is 338 g/mol. The van der Waals surface area contributed by atoms with Crippen molar-refractivity contribution in [1.82, 2.24) is 0 Å². The minimum absolute atomic E-state index is 0.00501. The number of ether oxygens (including phenoxy) is 1. The van der Waals surface area contributed by atoms with Crippen LogP contribution in [-0.2, 0) is 0 Å². The summed E-state index contributed by atoms with van der Waals surface area (Å²) in [5.41, 5.74) is 1.86. The van der Waals surface area contributed by atoms with Crippen LogP contribution in [0.3, 0.4) is 0 Å². The molecular weight excluding hydrogens is 323 g/mol. The maximum Gasteiger partial charge on any atom is 0.120 e. The Morgan fingerprint density at radius 1 is 1.12 bits per heavy atom. The smallest absolute Gasteiger partial charge is 0.120 e. The van der Waals surface area contributed by atoms with Crippen LogP contribution < -0.4 is 4.74 Å². The molecule has 0 radical (unpaired) electrons. The molecule has 1 aromatic carbocycles. The first-order valence-electron chi connectivity index (χ1n) is 5.29. The van der Waals surface area contributed by atoms with Gasteiger partial charge in [-0.15, -0.1) is 0 Å². The lowest BCUT2D eigenvalue weighted by Gasteiger charge is -2.07. The number of hydrogen-bond donors (Lipinski definition) is 0. The second-order valence-electron chi connectivity index (χ2n) is 4.63. The molecule has 0 spiro atoms. The molecular formula is C15H15IO. The third-order valence-corrected chi connectivity index (χ3v) is 2.25. The van der Waals surface area contributed by atoms with Crippen molar-refractivity contribution in [2.75, 3.05) is 7.11 Å². The molecule has 1 rings (SSSR count). The molecule has 0 unspecified atom stereocenters. The second-order valence-corrected chi connectivity index (χ2v) is 5.17. The molecule has 0 N–H and O–H groups in total. The first-order valence-corrected chi connectivity index (χ1v) is 6.37. The summed E-state index contributed by atoms with van der Waals surface area (Å²) in [5.74, 6) is 10.2. The number of methoxy groups -OCH3 is 1. The number of rotatable bonds is 1. The number of halogens is 1. The van der Waals surface area contributed by atoms with Crippen LogP contribution in [0.25, 0.3) is 0 Å². The van der Waals surface area contributed by atoms with Crippen LogP contribution in [0, 0.1) is 27.1 Å². The summed E-state index contributed by atoms with van der Waals surface area (Å²) < 4.78 is 8.05. The number of hydrogen-bond acceptors (Lipinski definition) is 1. The van der Waals surface area contributed by atoms with Crippen LogP contribution in [0.5, 0.6) is 5.75 Å². The zero-order chi connectivity index (χ0) is 12.9. The molecule has 0 saturated carbocycles. The van der Waals surface area contributed by atoms with Gasteiger partial charge in [0.2, 0.25) is 0 Å². The minimum atomic E-state index is -0.00501. The third kappa shape index (κ3) is 4.71. The van der Waals surface area contributed by atoms with E-state index in [1.807, 2.05) is 40.8 Å². The minimum Gasteiger partial charge on any atom is -0.497 e. The zero-order valence-corrected chi connectivity index (χ0v) is 12.7. The van der Waals surface area contributed by atoms with Gasteiger partial charge < -0.3 is 4.74 Å². The molecule has 0 heterocycles. The van der Waals surface area contributed by atoms with E-state index in [0.717, 1.165) is 16.9 Å². The Hall–Kier alpha value is -1.13. The fourth-order valence-electron chi connectivity index (χ4n) is 1.17. The largest absolute Gasteiger partial charge is 0.497 e. The molecule has 0 aliphatic carbocycles. The first kappa shape index (κ1) is 13.9. The fraction of sp³-hybridized carbons (Fsp3) is 0.333. The van der Waals surface area contributed by atoms with E-state index in [9.17, 15) is 0 Å². The maximum atomic E-state index is 5.18. The maximum absolute atomic E-state index is 5.18. The Morgan fingerprint density at radius 2 is 1.82 bits per heavy atom. The lowest BCUT2D eigenvalue weighted by molar-refractivity contribution is 0.414. The summed E-state index contributed by atoms with van der Waals surface area (Å²) in [6.07, 6.45) is 0. The van der Waals surface area contributed by atoms with Crippen molar-refractivity contribution in [3.63, 3.8) is 0 Å². The number of benzene rings is 1. The molecule has 88 valence electrons. The Morgan fingerprint density at radius 3 is 2.35 bits per heavy atom. The topological polar surface area (TPSA) is 9.23 Å². The van der Waals surface area contributed by atoms with Gasteiger partial charge in [0.15, 0.2) is 0 Å². The summed E-state index contributed by atoms with van der Waals surface area (Å²) in [7, 11) is 1.65. The van der Waals surface area contributed by atoms with E-state index in [4.69, 9.17) is 4.74 Å². The second kappa shape index (κ2) is 5.98. The monoisotopic (exact) mass is 338 g/mol. The normalized spacial score (nSPS) is 9.71. The van der Waals surface area contributed by atoms with Gasteiger partial charge in [-0.05, 0) is 42.9 Å². The summed E-state index contributed by atoms with van der Waals surface area (Å²) in [5, 5.41) is 0. The van der Waals surface area contributed by atoms with Crippen molar-refractivity contribution < 1.29 is 4.74 Å². The predicted molar refractivity (Wildman–Crippen MR) is 80.2 cm³/mol. The van der Waals surface area contributed by atoms with Gasteiger partial charge in [0.1, 0.15) is 5.75 Å². The standard InChI is InChI=1S/C15H15IO/c1-15(2,3)9-7-12-5-6-14(17-4)11-13(12)8-10-16/h5-6,11H,1-4H3. The third-order valence-electron chi connectivity index (χ3n) is 1.98. The first-order chi connectivity index (χ1) is 7.96. The van der Waals surface area contributed by atoms with Crippen LogP contribution in [0.15, 0.2) is 18.2 Å². The molecule has 0 fully saturated rings. The van der Waals surface area contributed by atoms with E-state index in [-0.39, 0.29) is 5.41 Å². The zero-order valence-electron chi connectivity index (χ0n) is 10.5. The van der Waals surface area contributed by atoms with E-state index in [1.54, 1.807) is 7.11 Å². The van der Waals surface area contributed by atoms with Crippen molar-refractivity contribution in [2.24, 2.45) is 5.41 Å². The molecule has 0 bridgehead atoms. The fourth-order valence-corrected chi connectivity index (χ4v) is 1.46. The van der Waals surface area contributed by atoms with Crippen molar-refractivity contribution >= 4 is 22.6 Å². The van der Waals surface area contributed by atoms with Gasteiger partial charge in [-0.2, -0.15) is 0 Å². The van der Waals surface area contributed by atoms with Crippen molar-refractivity contribution in [1.29, 1.82) is 0 Å². The summed E-state index contributed by atoms with van der Waals surface area (Å²) in [4.78, 5) is 0. The summed E-state index contributed by atoms with van der Waals surface area (Å²) >= 11 is 2.03. The Balaban J connectivity index is 3.21. The molecule has 2 heteroatoms. The van der Waals surface area contributed by atoms with Gasteiger partial charge >= 0.3 is 0 Å². The van der Waals surface area contributed by atoms with Gasteiger partial charge in [0.05, 0.1) is 7.11 Å². The molecule has 0 amide bonds. The molecule has 0 aliphatic rings. The highest BCUT2D eigenvalue weighted by molar-refractivity contribution is 14.1. The predicted octanol–water partition coefficient (Wildman–Crippen LogP) is 3.84. The Bertz CT molecular complexity index is 516. The van der Waals surface area contributed by atoms with Crippen LogP contribution in [0.4, 0.5) is 0 Å². The van der Waals surface area contributed by atoms with Crippen LogP contribution in [0.1, 0.15) is 31.9 Å². The van der Waals surface area contributed by atoms with Gasteiger partial charge in [0.25, 0.3) is 0 Å². The van der Waals surface area contributed by atoms with E-state index < -0.39 is 0 Å². The molecule has 0 saturated heterocycles. The Labute approximate surface area is 117 Å². The van der Waals surface area contributed by atoms with E-state index in [2.05, 4.69) is 42.5 Å². The summed E-state index contributed by atoms with van der Waals surface area (Å²) in [6, 6.07) is 5.78. The van der Waals surface area contributed by atoms with Gasteiger partial charge in [-0.1, -0.05) is 17.8 Å². The van der Waals surface area contributed by atoms with Crippen molar-refractivity contribution in [3.05, 3.63) is 29.3 Å². The lowest BCUT2D eigenvalue weighted by atomic mass is 9.97. The molecule has 0 aliphatic heterocycles. The van der Waals surface area contributed by atoms with E-state index in [1.165, 1.54) is 0 Å². The van der Waals surface area contributed by atoms with Gasteiger partial charge in [0, 0.05) is 39.1 Å². The molecule has 0 atom stereocenters. The van der Waals surface area contributed by atoms with Crippen molar-refractivity contribution in [2.45, 2.75) is 20.8 Å². The Kier molecular flexibility index (Phi) is 4.90. The summed E-state index contributed by atoms with van der Waals surface area (Å²) in [6.45, 7) is 6.27. The highest BCUT2D eigenvalue weighted by Crippen LogP contribution is 2.17. The molecule has 0 aromatic heterocycles. The van der Waals surface area contributed by atoms with Crippen molar-refractivity contribution in [3.8, 4) is 27.4 Å². The molecule has 1 aromatic rings. The molecule has 1 nitrogen and oxygen atoms in total. The van der Waals surface area contributed by atoms with Crippen LogP contribution >= 0.6 is 22.6 Å². The SMILES string of the molecule is COc1ccc(C#CC(C)(C)C)c(C#CI)c1. The lowest BCUT2D eigenvalue weighted by Crippen LogP contribution is -1.99. The quantitative estimate of drug-likeness (QED) is 0.559. The van der Waals surface area contributed by atoms with Gasteiger partial charge in [-0.25, -0.2) is 0 Å². The van der Waals surface area contributed by atoms with Crippen LogP contribution in [0.2, 0.25) is 0 Å². The molecule has 17 heavy (non-hydrogen) atoms. The van der Waals surface area contributed by atoms with Crippen LogP contribution in [-0.4, -0.2) is 7.11 Å². The van der Waals surface area contributed by atoms with E-state index in [0.29, 0.717) is 0 Å². The average Bonchev–Trinajstić information content (AvgIpc) is 2.26.